The third-order valence-electron chi connectivity index (χ3n) is 5.14. The Morgan fingerprint density at radius 1 is 0.844 bits per heavy atom. The molecule has 0 saturated carbocycles. The Kier molecular flexibility index (Phi) is 6.70. The maximum Gasteiger partial charge on any atom is 0.254 e. The van der Waals surface area contributed by atoms with Crippen LogP contribution in [0, 0.1) is 11.6 Å². The lowest BCUT2D eigenvalue weighted by molar-refractivity contribution is -0.689. The van der Waals surface area contributed by atoms with Crippen LogP contribution in [0.25, 0.3) is 0 Å². The van der Waals surface area contributed by atoms with Crippen LogP contribution in [0.3, 0.4) is 0 Å². The molecule has 0 saturated heterocycles. The van der Waals surface area contributed by atoms with Crippen molar-refractivity contribution in [3.8, 4) is 5.75 Å². The van der Waals surface area contributed by atoms with E-state index < -0.39 is 0 Å². The minimum atomic E-state index is -0.295. The Hall–Kier alpha value is -3.80. The van der Waals surface area contributed by atoms with Gasteiger partial charge in [0.25, 0.3) is 5.56 Å². The molecule has 0 amide bonds. The van der Waals surface area contributed by atoms with Crippen LogP contribution in [0.2, 0.25) is 0 Å². The lowest BCUT2D eigenvalue weighted by atomic mass is 10.1. The van der Waals surface area contributed by atoms with E-state index in [-0.39, 0.29) is 23.8 Å². The van der Waals surface area contributed by atoms with Gasteiger partial charge >= 0.3 is 0 Å². The summed E-state index contributed by atoms with van der Waals surface area (Å²) in [6, 6.07) is 20.5. The monoisotopic (exact) mass is 433 g/mol. The van der Waals surface area contributed by atoms with Crippen LogP contribution in [-0.4, -0.2) is 4.57 Å². The van der Waals surface area contributed by atoms with E-state index in [0.29, 0.717) is 25.3 Å². The molecule has 0 N–H and O–H groups in total. The summed E-state index contributed by atoms with van der Waals surface area (Å²) in [6.45, 7) is 1.41. The highest BCUT2D eigenvalue weighted by molar-refractivity contribution is 5.23. The third-order valence-corrected chi connectivity index (χ3v) is 5.14. The topological polar surface area (TPSA) is 35.1 Å². The second-order valence-electron chi connectivity index (χ2n) is 7.57. The summed E-state index contributed by atoms with van der Waals surface area (Å²) < 4.78 is 35.4. The van der Waals surface area contributed by atoms with Gasteiger partial charge in [-0.15, -0.1) is 0 Å². The third kappa shape index (κ3) is 5.88. The lowest BCUT2D eigenvalue weighted by Crippen LogP contribution is -2.33. The summed E-state index contributed by atoms with van der Waals surface area (Å²) in [4.78, 5) is 12.4. The van der Waals surface area contributed by atoms with E-state index in [0.717, 1.165) is 16.7 Å². The summed E-state index contributed by atoms with van der Waals surface area (Å²) in [5.41, 5.74) is 2.88. The molecule has 6 heteroatoms. The smallest absolute Gasteiger partial charge is 0.254 e. The molecule has 0 spiro atoms. The van der Waals surface area contributed by atoms with E-state index in [1.807, 2.05) is 30.5 Å². The SMILES string of the molecule is O=c1cc(OCc2ccc(F)cc2)ccn1CCc1ccc(C[n+]2cccc(F)c2)cc1. The van der Waals surface area contributed by atoms with Gasteiger partial charge in [-0.05, 0) is 41.8 Å². The Labute approximate surface area is 185 Å². The van der Waals surface area contributed by atoms with E-state index in [1.165, 1.54) is 30.5 Å². The summed E-state index contributed by atoms with van der Waals surface area (Å²) in [6.07, 6.45) is 5.73. The zero-order valence-corrected chi connectivity index (χ0v) is 17.5. The van der Waals surface area contributed by atoms with E-state index >= 15 is 0 Å². The highest BCUT2D eigenvalue weighted by Crippen LogP contribution is 2.11. The number of hydrogen-bond donors (Lipinski definition) is 0. The van der Waals surface area contributed by atoms with Gasteiger partial charge in [0.1, 0.15) is 18.2 Å². The molecule has 0 radical (unpaired) electrons. The van der Waals surface area contributed by atoms with Crippen molar-refractivity contribution in [1.82, 2.24) is 4.57 Å². The van der Waals surface area contributed by atoms with Crippen molar-refractivity contribution in [3.05, 3.63) is 130 Å². The van der Waals surface area contributed by atoms with Crippen molar-refractivity contribution < 1.29 is 18.1 Å². The number of benzene rings is 2. The molecule has 32 heavy (non-hydrogen) atoms. The minimum absolute atomic E-state index is 0.138. The van der Waals surface area contributed by atoms with Gasteiger partial charge < -0.3 is 9.30 Å². The van der Waals surface area contributed by atoms with Gasteiger partial charge in [0.2, 0.25) is 6.20 Å². The highest BCUT2D eigenvalue weighted by Gasteiger charge is 2.05. The molecule has 2 heterocycles. The minimum Gasteiger partial charge on any atom is -0.489 e. The summed E-state index contributed by atoms with van der Waals surface area (Å²) in [7, 11) is 0. The Bertz CT molecular complexity index is 1240. The zero-order valence-electron chi connectivity index (χ0n) is 17.5. The number of nitrogens with zero attached hydrogens (tertiary/aromatic N) is 2. The number of pyridine rings is 2. The predicted molar refractivity (Wildman–Crippen MR) is 117 cm³/mol. The molecule has 4 aromatic rings. The van der Waals surface area contributed by atoms with Crippen LogP contribution in [0.15, 0.2) is 96.2 Å². The zero-order chi connectivity index (χ0) is 22.3. The number of aromatic nitrogens is 2. The fourth-order valence-electron chi connectivity index (χ4n) is 3.37. The maximum atomic E-state index is 13.3. The van der Waals surface area contributed by atoms with Gasteiger partial charge in [0.05, 0.1) is 0 Å². The second-order valence-corrected chi connectivity index (χ2v) is 7.57. The van der Waals surface area contributed by atoms with Crippen molar-refractivity contribution in [2.75, 3.05) is 0 Å². The second kappa shape index (κ2) is 10.0. The molecular formula is C26H23F2N2O2+. The van der Waals surface area contributed by atoms with E-state index in [4.69, 9.17) is 4.74 Å². The first-order chi connectivity index (χ1) is 15.5. The molecule has 2 aromatic carbocycles. The molecule has 0 unspecified atom stereocenters. The molecule has 4 rings (SSSR count). The molecule has 162 valence electrons. The molecule has 0 aliphatic rings. The van der Waals surface area contributed by atoms with Gasteiger partial charge in [0, 0.05) is 30.4 Å². The van der Waals surface area contributed by atoms with E-state index in [9.17, 15) is 13.6 Å². The molecule has 0 fully saturated rings. The van der Waals surface area contributed by atoms with Crippen LogP contribution >= 0.6 is 0 Å². The first kappa shape index (κ1) is 21.4. The molecule has 0 aliphatic carbocycles. The predicted octanol–water partition coefficient (Wildman–Crippen LogP) is 4.28. The molecule has 0 aliphatic heterocycles. The number of halogens is 2. The van der Waals surface area contributed by atoms with Crippen LogP contribution in [0.4, 0.5) is 8.78 Å². The molecule has 2 aromatic heterocycles. The first-order valence-corrected chi connectivity index (χ1v) is 10.4. The van der Waals surface area contributed by atoms with Crippen molar-refractivity contribution in [2.45, 2.75) is 26.1 Å². The lowest BCUT2D eigenvalue weighted by Gasteiger charge is -2.09. The molecule has 4 nitrogen and oxygen atoms in total. The molecule has 0 atom stereocenters. The van der Waals surface area contributed by atoms with Crippen LogP contribution in [0.1, 0.15) is 16.7 Å². The van der Waals surface area contributed by atoms with E-state index in [2.05, 4.69) is 0 Å². The first-order valence-electron chi connectivity index (χ1n) is 10.4. The summed E-state index contributed by atoms with van der Waals surface area (Å²) in [5.74, 6) is -0.0762. The quantitative estimate of drug-likeness (QED) is 0.389. The average molecular weight is 433 g/mol. The summed E-state index contributed by atoms with van der Waals surface area (Å²) in [5, 5.41) is 0. The van der Waals surface area contributed by atoms with Crippen molar-refractivity contribution in [2.24, 2.45) is 0 Å². The van der Waals surface area contributed by atoms with Gasteiger partial charge in [-0.25, -0.2) is 8.78 Å². The average Bonchev–Trinajstić information content (AvgIpc) is 2.79. The van der Waals surface area contributed by atoms with E-state index in [1.54, 1.807) is 39.6 Å². The van der Waals surface area contributed by atoms with Crippen LogP contribution < -0.4 is 14.9 Å². The summed E-state index contributed by atoms with van der Waals surface area (Å²) >= 11 is 0. The highest BCUT2D eigenvalue weighted by atomic mass is 19.1. The number of aryl methyl sites for hydroxylation is 2. The van der Waals surface area contributed by atoms with Crippen molar-refractivity contribution in [1.29, 1.82) is 0 Å². The fraction of sp³-hybridized carbons (Fsp3) is 0.154. The molecule has 0 bridgehead atoms. The van der Waals surface area contributed by atoms with Gasteiger partial charge in [-0.1, -0.05) is 36.4 Å². The van der Waals surface area contributed by atoms with Crippen LogP contribution in [0.5, 0.6) is 5.75 Å². The number of rotatable bonds is 8. The Morgan fingerprint density at radius 3 is 2.28 bits per heavy atom. The van der Waals surface area contributed by atoms with Crippen molar-refractivity contribution >= 4 is 0 Å². The largest absolute Gasteiger partial charge is 0.489 e. The van der Waals surface area contributed by atoms with Crippen molar-refractivity contribution in [3.63, 3.8) is 0 Å². The van der Waals surface area contributed by atoms with Gasteiger partial charge in [-0.2, -0.15) is 4.57 Å². The van der Waals surface area contributed by atoms with Gasteiger partial charge in [-0.3, -0.25) is 4.79 Å². The van der Waals surface area contributed by atoms with Crippen LogP contribution in [-0.2, 0) is 26.1 Å². The molecular weight excluding hydrogens is 410 g/mol. The standard InChI is InChI=1S/C26H23F2N2O2/c27-23-9-7-22(8-10-23)19-32-25-12-15-30(26(31)16-25)14-11-20-3-5-21(6-4-20)17-29-13-1-2-24(28)18-29/h1-10,12-13,15-16,18H,11,14,17,19H2/q+1. The Morgan fingerprint density at radius 2 is 1.56 bits per heavy atom. The fourth-order valence-corrected chi connectivity index (χ4v) is 3.37. The number of ether oxygens (including phenoxy) is 1. The maximum absolute atomic E-state index is 13.3. The Balaban J connectivity index is 1.31. The number of hydrogen-bond acceptors (Lipinski definition) is 2. The normalized spacial score (nSPS) is 10.8. The van der Waals surface area contributed by atoms with Gasteiger partial charge in [0.15, 0.2) is 18.6 Å².